The molecule has 8 heteroatoms. The van der Waals surface area contributed by atoms with Crippen LogP contribution in [0.1, 0.15) is 60.5 Å². The molecule has 1 amide bonds. The normalized spacial score (nSPS) is 20.6. The van der Waals surface area contributed by atoms with Gasteiger partial charge in [-0.15, -0.1) is 0 Å². The summed E-state index contributed by atoms with van der Waals surface area (Å²) >= 11 is 0. The Balaban J connectivity index is 1.38. The fourth-order valence-corrected chi connectivity index (χ4v) is 5.34. The number of likely N-dealkylation sites (tertiary alicyclic amines) is 1. The lowest BCUT2D eigenvalue weighted by Gasteiger charge is -2.24. The maximum atomic E-state index is 12.5. The molecule has 172 valence electrons. The molecule has 2 aromatic rings. The summed E-state index contributed by atoms with van der Waals surface area (Å²) in [5.74, 6) is 0.874. The molecular formula is C26H25N5O3. The molecule has 2 heterocycles. The smallest absolute Gasteiger partial charge is 0.223 e. The van der Waals surface area contributed by atoms with Crippen LogP contribution in [0.15, 0.2) is 51.8 Å². The van der Waals surface area contributed by atoms with Crippen LogP contribution in [0.2, 0.25) is 0 Å². The average Bonchev–Trinajstić information content (AvgIpc) is 3.51. The number of nitriles is 1. The van der Waals surface area contributed by atoms with Crippen LogP contribution >= 0.6 is 0 Å². The highest BCUT2D eigenvalue weighted by molar-refractivity contribution is 6.21. The first-order chi connectivity index (χ1) is 16.5. The number of nitrogens with zero attached hydrogens (tertiary/aromatic N) is 5. The quantitative estimate of drug-likeness (QED) is 0.584. The Morgan fingerprint density at radius 1 is 1.21 bits per heavy atom. The lowest BCUT2D eigenvalue weighted by molar-refractivity contribution is -0.128. The number of hydrogen-bond acceptors (Lipinski definition) is 7. The Kier molecular flexibility index (Phi) is 5.70. The highest BCUT2D eigenvalue weighted by atomic mass is 16.5. The van der Waals surface area contributed by atoms with Crippen molar-refractivity contribution >= 4 is 17.3 Å². The molecule has 2 unspecified atom stereocenters. The number of ether oxygens (including phenoxy) is 1. The monoisotopic (exact) mass is 455 g/mol. The van der Waals surface area contributed by atoms with Crippen molar-refractivity contribution in [2.75, 3.05) is 13.1 Å². The standard InChI is InChI=1S/C26H25N5O3/c1-15(2)34-24-7-6-16(10-18(24)14-27)22-13-23(30-29-22)19-4-3-5-20-21(19)11-17-12-25(32)31(26(17)20)9-8-28-33/h3-7,10,15,17,26H,8-9,11-13H2,1-2H3. The van der Waals surface area contributed by atoms with Crippen molar-refractivity contribution in [1.29, 1.82) is 5.26 Å². The second kappa shape index (κ2) is 8.82. The van der Waals surface area contributed by atoms with Gasteiger partial charge in [0.1, 0.15) is 11.8 Å². The van der Waals surface area contributed by atoms with E-state index < -0.39 is 0 Å². The van der Waals surface area contributed by atoms with Crippen molar-refractivity contribution < 1.29 is 9.53 Å². The second-order valence-corrected chi connectivity index (χ2v) is 9.19. The third-order valence-corrected chi connectivity index (χ3v) is 6.70. The van der Waals surface area contributed by atoms with E-state index >= 15 is 0 Å². The molecular weight excluding hydrogens is 430 g/mol. The number of carbonyl (C=O) groups is 1. The van der Waals surface area contributed by atoms with Gasteiger partial charge >= 0.3 is 0 Å². The van der Waals surface area contributed by atoms with Crippen LogP contribution < -0.4 is 4.74 Å². The predicted molar refractivity (Wildman–Crippen MR) is 128 cm³/mol. The number of fused-ring (bicyclic) bond motifs is 3. The summed E-state index contributed by atoms with van der Waals surface area (Å²) < 4.78 is 5.73. The van der Waals surface area contributed by atoms with Crippen LogP contribution in [-0.4, -0.2) is 41.4 Å². The summed E-state index contributed by atoms with van der Waals surface area (Å²) in [6.45, 7) is 4.33. The summed E-state index contributed by atoms with van der Waals surface area (Å²) in [7, 11) is 0. The van der Waals surface area contributed by atoms with Crippen molar-refractivity contribution in [3.63, 3.8) is 0 Å². The zero-order valence-electron chi connectivity index (χ0n) is 19.2. The molecule has 0 bridgehead atoms. The van der Waals surface area contributed by atoms with Crippen LogP contribution in [0.5, 0.6) is 5.75 Å². The Hall–Kier alpha value is -3.86. The van der Waals surface area contributed by atoms with Gasteiger partial charge < -0.3 is 9.64 Å². The van der Waals surface area contributed by atoms with E-state index in [1.807, 2.05) is 36.9 Å². The van der Waals surface area contributed by atoms with E-state index in [2.05, 4.69) is 33.6 Å². The number of carbonyl (C=O) groups excluding carboxylic acids is 1. The van der Waals surface area contributed by atoms with Crippen molar-refractivity contribution in [3.8, 4) is 11.8 Å². The molecule has 1 saturated heterocycles. The summed E-state index contributed by atoms with van der Waals surface area (Å²) in [5, 5.41) is 21.4. The molecule has 1 aliphatic carbocycles. The van der Waals surface area contributed by atoms with Crippen LogP contribution in [0.4, 0.5) is 0 Å². The molecule has 0 radical (unpaired) electrons. The lowest BCUT2D eigenvalue weighted by Crippen LogP contribution is -2.30. The van der Waals surface area contributed by atoms with Gasteiger partial charge in [0.2, 0.25) is 5.91 Å². The summed E-state index contributed by atoms with van der Waals surface area (Å²) in [6.07, 6.45) is 1.85. The number of nitroso groups, excluding NO2 is 1. The minimum atomic E-state index is -0.0164. The van der Waals surface area contributed by atoms with Gasteiger partial charge in [0.25, 0.3) is 0 Å². The average molecular weight is 456 g/mol. The van der Waals surface area contributed by atoms with Crippen molar-refractivity contribution in [3.05, 3.63) is 69.1 Å². The Bertz CT molecular complexity index is 1270. The molecule has 2 atom stereocenters. The molecule has 3 aliphatic rings. The van der Waals surface area contributed by atoms with E-state index in [9.17, 15) is 15.0 Å². The van der Waals surface area contributed by atoms with Gasteiger partial charge in [0, 0.05) is 24.9 Å². The highest BCUT2D eigenvalue weighted by Crippen LogP contribution is 2.48. The van der Waals surface area contributed by atoms with Gasteiger partial charge in [-0.2, -0.15) is 20.4 Å². The SMILES string of the molecule is CC(C)Oc1ccc(C2=NN=C(c3cccc4c3CC3CC(=O)N(CCN=O)C43)C2)cc1C#N. The molecule has 0 spiro atoms. The van der Waals surface area contributed by atoms with E-state index in [1.165, 1.54) is 5.56 Å². The molecule has 34 heavy (non-hydrogen) atoms. The number of rotatable bonds is 7. The van der Waals surface area contributed by atoms with Crippen molar-refractivity contribution in [2.45, 2.75) is 45.3 Å². The van der Waals surface area contributed by atoms with Crippen LogP contribution in [0, 0.1) is 22.2 Å². The first-order valence-electron chi connectivity index (χ1n) is 11.6. The fourth-order valence-electron chi connectivity index (χ4n) is 5.34. The zero-order chi connectivity index (χ0) is 23.8. The zero-order valence-corrected chi connectivity index (χ0v) is 19.2. The third kappa shape index (κ3) is 3.77. The van der Waals surface area contributed by atoms with Crippen LogP contribution in [0.3, 0.4) is 0 Å². The van der Waals surface area contributed by atoms with Gasteiger partial charge in [-0.1, -0.05) is 23.4 Å². The topological polar surface area (TPSA) is 107 Å². The maximum absolute atomic E-state index is 12.5. The molecule has 0 aromatic heterocycles. The molecule has 8 nitrogen and oxygen atoms in total. The van der Waals surface area contributed by atoms with Gasteiger partial charge in [0.15, 0.2) is 0 Å². The second-order valence-electron chi connectivity index (χ2n) is 9.19. The fraction of sp³-hybridized carbons (Fsp3) is 0.385. The molecule has 5 rings (SSSR count). The van der Waals surface area contributed by atoms with Crippen molar-refractivity contribution in [2.24, 2.45) is 21.3 Å². The number of amides is 1. The van der Waals surface area contributed by atoms with Crippen molar-refractivity contribution in [1.82, 2.24) is 4.90 Å². The minimum Gasteiger partial charge on any atom is -0.490 e. The number of hydrogen-bond donors (Lipinski definition) is 0. The minimum absolute atomic E-state index is 0.00159. The van der Waals surface area contributed by atoms with Gasteiger partial charge in [-0.05, 0) is 61.1 Å². The van der Waals surface area contributed by atoms with E-state index in [4.69, 9.17) is 4.74 Å². The Morgan fingerprint density at radius 3 is 2.79 bits per heavy atom. The molecule has 0 saturated carbocycles. The summed E-state index contributed by atoms with van der Waals surface area (Å²) in [6, 6.07) is 13.9. The van der Waals surface area contributed by atoms with E-state index in [0.717, 1.165) is 34.5 Å². The number of benzene rings is 2. The molecule has 1 fully saturated rings. The lowest BCUT2D eigenvalue weighted by atomic mass is 9.94. The van der Waals surface area contributed by atoms with Crippen LogP contribution in [-0.2, 0) is 11.2 Å². The first-order valence-corrected chi connectivity index (χ1v) is 11.6. The van der Waals surface area contributed by atoms with Gasteiger partial charge in [0.05, 0.1) is 35.7 Å². The summed E-state index contributed by atoms with van der Waals surface area (Å²) in [4.78, 5) is 24.9. The largest absolute Gasteiger partial charge is 0.490 e. The maximum Gasteiger partial charge on any atom is 0.223 e. The Labute approximate surface area is 197 Å². The summed E-state index contributed by atoms with van der Waals surface area (Å²) in [5.41, 5.74) is 6.44. The third-order valence-electron chi connectivity index (χ3n) is 6.70. The first kappa shape index (κ1) is 22.0. The van der Waals surface area contributed by atoms with Gasteiger partial charge in [-0.25, -0.2) is 0 Å². The molecule has 2 aromatic carbocycles. The van der Waals surface area contributed by atoms with Gasteiger partial charge in [-0.3, -0.25) is 4.79 Å². The predicted octanol–water partition coefficient (Wildman–Crippen LogP) is 4.15. The molecule has 2 aliphatic heterocycles. The van der Waals surface area contributed by atoms with E-state index in [-0.39, 0.29) is 30.5 Å². The van der Waals surface area contributed by atoms with E-state index in [1.54, 1.807) is 6.07 Å². The molecule has 0 N–H and O–H groups in total. The highest BCUT2D eigenvalue weighted by Gasteiger charge is 2.46. The Morgan fingerprint density at radius 2 is 2.03 bits per heavy atom. The van der Waals surface area contributed by atoms with Crippen LogP contribution in [0.25, 0.3) is 0 Å². The van der Waals surface area contributed by atoms with E-state index in [0.29, 0.717) is 30.7 Å².